The van der Waals surface area contributed by atoms with E-state index in [9.17, 15) is 28.3 Å². The second kappa shape index (κ2) is 7.30. The summed E-state index contributed by atoms with van der Waals surface area (Å²) in [5.41, 5.74) is -0.0206. The fourth-order valence-corrected chi connectivity index (χ4v) is 2.79. The molecule has 7 heteroatoms. The Morgan fingerprint density at radius 2 is 2.09 bits per heavy atom. The van der Waals surface area contributed by atoms with Crippen molar-refractivity contribution in [3.63, 3.8) is 0 Å². The average molecular weight is 325 g/mol. The van der Waals surface area contributed by atoms with Gasteiger partial charge in [0, 0.05) is 18.9 Å². The van der Waals surface area contributed by atoms with Gasteiger partial charge in [-0.2, -0.15) is 0 Å². The van der Waals surface area contributed by atoms with Crippen molar-refractivity contribution in [2.24, 2.45) is 5.92 Å². The molecule has 1 amide bonds. The van der Waals surface area contributed by atoms with Crippen molar-refractivity contribution in [1.29, 1.82) is 0 Å². The summed E-state index contributed by atoms with van der Waals surface area (Å²) in [4.78, 5) is 34.8. The maximum absolute atomic E-state index is 13.5. The molecule has 0 aliphatic heterocycles. The molecule has 1 saturated carbocycles. The molecule has 2 N–H and O–H groups in total. The molecule has 1 aromatic carbocycles. The van der Waals surface area contributed by atoms with Crippen molar-refractivity contribution in [3.05, 3.63) is 35.4 Å². The molecule has 1 aromatic rings. The normalized spacial score (nSPS) is 19.2. The molecule has 5 nitrogen and oxygen atoms in total. The van der Waals surface area contributed by atoms with E-state index in [1.165, 1.54) is 0 Å². The molecule has 23 heavy (non-hydrogen) atoms. The molecular formula is C16H17F2NO4. The monoisotopic (exact) mass is 325 g/mol. The van der Waals surface area contributed by atoms with Crippen LogP contribution < -0.4 is 5.32 Å². The highest BCUT2D eigenvalue weighted by molar-refractivity contribution is 5.86. The van der Waals surface area contributed by atoms with Crippen LogP contribution in [0.5, 0.6) is 0 Å². The van der Waals surface area contributed by atoms with Crippen molar-refractivity contribution in [2.75, 3.05) is 0 Å². The number of benzene rings is 1. The topological polar surface area (TPSA) is 83.5 Å². The van der Waals surface area contributed by atoms with Crippen molar-refractivity contribution in [1.82, 2.24) is 5.32 Å². The lowest BCUT2D eigenvalue weighted by atomic mass is 9.83. The van der Waals surface area contributed by atoms with E-state index >= 15 is 0 Å². The zero-order valence-corrected chi connectivity index (χ0v) is 12.4. The predicted octanol–water partition coefficient (Wildman–Crippen LogP) is 1.84. The van der Waals surface area contributed by atoms with Gasteiger partial charge in [-0.1, -0.05) is 6.07 Å². The Bertz CT molecular complexity index is 633. The zero-order chi connectivity index (χ0) is 17.0. The lowest BCUT2D eigenvalue weighted by molar-refractivity contribution is -0.144. The van der Waals surface area contributed by atoms with Gasteiger partial charge in [0.15, 0.2) is 0 Å². The minimum atomic E-state index is -1.22. The number of carbonyl (C=O) groups excluding carboxylic acids is 2. The van der Waals surface area contributed by atoms with E-state index in [1.807, 2.05) is 0 Å². The Balaban J connectivity index is 2.03. The third-order valence-corrected chi connectivity index (χ3v) is 3.94. The highest BCUT2D eigenvalue weighted by atomic mass is 19.1. The van der Waals surface area contributed by atoms with Gasteiger partial charge in [0.2, 0.25) is 5.91 Å². The van der Waals surface area contributed by atoms with Crippen LogP contribution in [0.3, 0.4) is 0 Å². The van der Waals surface area contributed by atoms with Gasteiger partial charge in [-0.05, 0) is 30.4 Å². The average Bonchev–Trinajstić information content (AvgIpc) is 2.47. The highest BCUT2D eigenvalue weighted by Crippen LogP contribution is 2.24. The summed E-state index contributed by atoms with van der Waals surface area (Å²) in [7, 11) is 0. The second-order valence-electron chi connectivity index (χ2n) is 5.69. The van der Waals surface area contributed by atoms with E-state index in [4.69, 9.17) is 0 Å². The summed E-state index contributed by atoms with van der Waals surface area (Å²) in [5, 5.41) is 11.6. The lowest BCUT2D eigenvalue weighted by Gasteiger charge is -2.27. The van der Waals surface area contributed by atoms with E-state index in [2.05, 4.69) is 5.32 Å². The molecule has 2 rings (SSSR count). The van der Waals surface area contributed by atoms with Crippen LogP contribution in [0.2, 0.25) is 0 Å². The molecule has 124 valence electrons. The lowest BCUT2D eigenvalue weighted by Crippen LogP contribution is -2.47. The van der Waals surface area contributed by atoms with Gasteiger partial charge in [0.25, 0.3) is 0 Å². The van der Waals surface area contributed by atoms with Crippen LogP contribution in [0.4, 0.5) is 8.78 Å². The van der Waals surface area contributed by atoms with Crippen LogP contribution in [0, 0.1) is 17.6 Å². The molecule has 0 radical (unpaired) electrons. The zero-order valence-electron chi connectivity index (χ0n) is 12.4. The van der Waals surface area contributed by atoms with Gasteiger partial charge in [-0.3, -0.25) is 9.59 Å². The quantitative estimate of drug-likeness (QED) is 0.865. The number of Topliss-reactive ketones (excluding diaryl/α,β-unsaturated/α-hetero) is 1. The van der Waals surface area contributed by atoms with Crippen LogP contribution in [-0.2, 0) is 20.8 Å². The standard InChI is InChI=1S/C16H17F2NO4/c17-11-5-4-9(13(18)8-11)7-14(21)19-15(16(22)23)10-2-1-3-12(20)6-10/h4-5,8,10,15H,1-3,6-7H2,(H,19,21)(H,22,23)/t10-,15-/m0/s1. The number of nitrogens with one attached hydrogen (secondary N) is 1. The fourth-order valence-electron chi connectivity index (χ4n) is 2.79. The minimum Gasteiger partial charge on any atom is -0.480 e. The number of amides is 1. The number of carboxylic acid groups (broad SMARTS) is 1. The molecular weight excluding hydrogens is 308 g/mol. The van der Waals surface area contributed by atoms with E-state index in [1.54, 1.807) is 0 Å². The molecule has 1 fully saturated rings. The van der Waals surface area contributed by atoms with E-state index in [0.717, 1.165) is 12.1 Å². The molecule has 2 atom stereocenters. The summed E-state index contributed by atoms with van der Waals surface area (Å²) in [5.74, 6) is -4.00. The van der Waals surface area contributed by atoms with Gasteiger partial charge in [0.1, 0.15) is 23.5 Å². The molecule has 1 aliphatic carbocycles. The molecule has 0 saturated heterocycles. The van der Waals surface area contributed by atoms with Crippen molar-refractivity contribution in [3.8, 4) is 0 Å². The Kier molecular flexibility index (Phi) is 5.41. The number of aliphatic carboxylic acids is 1. The first-order chi connectivity index (χ1) is 10.9. The molecule has 0 spiro atoms. The number of ketones is 1. The number of carbonyl (C=O) groups is 3. The molecule has 0 heterocycles. The third-order valence-electron chi connectivity index (χ3n) is 3.94. The predicted molar refractivity (Wildman–Crippen MR) is 76.6 cm³/mol. The molecule has 0 unspecified atom stereocenters. The Morgan fingerprint density at radius 3 is 2.70 bits per heavy atom. The van der Waals surface area contributed by atoms with Crippen LogP contribution in [0.1, 0.15) is 31.2 Å². The van der Waals surface area contributed by atoms with Crippen molar-refractivity contribution >= 4 is 17.7 Å². The van der Waals surface area contributed by atoms with Gasteiger partial charge in [-0.15, -0.1) is 0 Å². The minimum absolute atomic E-state index is 0.0206. The molecule has 0 bridgehead atoms. The van der Waals surface area contributed by atoms with Crippen LogP contribution >= 0.6 is 0 Å². The Labute approximate surface area is 131 Å². The second-order valence-corrected chi connectivity index (χ2v) is 5.69. The van der Waals surface area contributed by atoms with Crippen LogP contribution in [0.25, 0.3) is 0 Å². The molecule has 0 aromatic heterocycles. The van der Waals surface area contributed by atoms with Gasteiger partial charge in [-0.25, -0.2) is 13.6 Å². The molecule has 1 aliphatic rings. The Hall–Kier alpha value is -2.31. The van der Waals surface area contributed by atoms with Crippen molar-refractivity contribution in [2.45, 2.75) is 38.1 Å². The number of hydrogen-bond donors (Lipinski definition) is 2. The summed E-state index contributed by atoms with van der Waals surface area (Å²) in [6.45, 7) is 0. The maximum Gasteiger partial charge on any atom is 0.326 e. The number of halogens is 2. The van der Waals surface area contributed by atoms with Crippen LogP contribution in [-0.4, -0.2) is 28.8 Å². The summed E-state index contributed by atoms with van der Waals surface area (Å²) in [6.07, 6.45) is 1.28. The SMILES string of the molecule is O=C1CCC[C@H]([C@H](NC(=O)Cc2ccc(F)cc2F)C(=O)O)C1. The highest BCUT2D eigenvalue weighted by Gasteiger charge is 2.33. The fraction of sp³-hybridized carbons (Fsp3) is 0.438. The third kappa shape index (κ3) is 4.58. The van der Waals surface area contributed by atoms with E-state index < -0.39 is 41.9 Å². The van der Waals surface area contributed by atoms with Crippen LogP contribution in [0.15, 0.2) is 18.2 Å². The summed E-state index contributed by atoms with van der Waals surface area (Å²) in [6, 6.07) is 1.65. The Morgan fingerprint density at radius 1 is 1.35 bits per heavy atom. The van der Waals surface area contributed by atoms with Gasteiger partial charge in [0.05, 0.1) is 6.42 Å². The first-order valence-electron chi connectivity index (χ1n) is 7.34. The van der Waals surface area contributed by atoms with Gasteiger partial charge < -0.3 is 10.4 Å². The first kappa shape index (κ1) is 17.1. The number of hydrogen-bond acceptors (Lipinski definition) is 3. The maximum atomic E-state index is 13.5. The van der Waals surface area contributed by atoms with Gasteiger partial charge >= 0.3 is 5.97 Å². The smallest absolute Gasteiger partial charge is 0.326 e. The number of carboxylic acids is 1. The number of rotatable bonds is 5. The summed E-state index contributed by atoms with van der Waals surface area (Å²) >= 11 is 0. The largest absolute Gasteiger partial charge is 0.480 e. The van der Waals surface area contributed by atoms with Crippen molar-refractivity contribution < 1.29 is 28.3 Å². The summed E-state index contributed by atoms with van der Waals surface area (Å²) < 4.78 is 26.4. The van der Waals surface area contributed by atoms with E-state index in [0.29, 0.717) is 25.3 Å². The first-order valence-corrected chi connectivity index (χ1v) is 7.34. The van der Waals surface area contributed by atoms with E-state index in [-0.39, 0.29) is 17.8 Å².